The number of aromatic hydroxyl groups is 1. The SMILES string of the molecule is CC(C)NSc1ccc2[nH]c(O)c(N=Nc3cccc(C(=O)NCc4ccco4)c3)c2c1. The summed E-state index contributed by atoms with van der Waals surface area (Å²) >= 11 is 1.52. The molecule has 4 N–H and O–H groups in total. The molecule has 32 heavy (non-hydrogen) atoms. The van der Waals surface area contributed by atoms with Crippen molar-refractivity contribution < 1.29 is 14.3 Å². The van der Waals surface area contributed by atoms with Gasteiger partial charge in [-0.25, -0.2) is 0 Å². The van der Waals surface area contributed by atoms with Crippen molar-refractivity contribution in [3.63, 3.8) is 0 Å². The first-order chi connectivity index (χ1) is 15.5. The molecule has 0 saturated heterocycles. The molecule has 4 aromatic rings. The van der Waals surface area contributed by atoms with Gasteiger partial charge in [-0.05, 0) is 74.3 Å². The number of fused-ring (bicyclic) bond motifs is 1. The van der Waals surface area contributed by atoms with Crippen LogP contribution in [0.15, 0.2) is 80.4 Å². The van der Waals surface area contributed by atoms with Crippen molar-refractivity contribution in [3.8, 4) is 5.88 Å². The van der Waals surface area contributed by atoms with E-state index in [0.29, 0.717) is 35.3 Å². The van der Waals surface area contributed by atoms with Crippen LogP contribution in [-0.2, 0) is 6.54 Å². The number of nitrogens with one attached hydrogen (secondary N) is 3. The predicted molar refractivity (Wildman–Crippen MR) is 125 cm³/mol. The maximum absolute atomic E-state index is 12.4. The molecule has 0 aliphatic rings. The number of amides is 1. The molecule has 9 heteroatoms. The fourth-order valence-corrected chi connectivity index (χ4v) is 3.68. The molecule has 2 aromatic carbocycles. The van der Waals surface area contributed by atoms with E-state index in [9.17, 15) is 9.90 Å². The van der Waals surface area contributed by atoms with Crippen molar-refractivity contribution in [2.75, 3.05) is 0 Å². The first-order valence-electron chi connectivity index (χ1n) is 10.1. The third-order valence-corrected chi connectivity index (χ3v) is 5.59. The maximum atomic E-state index is 12.4. The van der Waals surface area contributed by atoms with E-state index in [4.69, 9.17) is 4.42 Å². The second kappa shape index (κ2) is 9.71. The fourth-order valence-electron chi connectivity index (χ4n) is 2.99. The van der Waals surface area contributed by atoms with Gasteiger partial charge in [0.05, 0.1) is 24.0 Å². The Morgan fingerprint density at radius 2 is 2.03 bits per heavy atom. The number of carbonyl (C=O) groups excluding carboxylic acids is 1. The van der Waals surface area contributed by atoms with Gasteiger partial charge in [-0.1, -0.05) is 6.07 Å². The van der Waals surface area contributed by atoms with Gasteiger partial charge in [0.25, 0.3) is 5.91 Å². The normalized spacial score (nSPS) is 11.6. The van der Waals surface area contributed by atoms with Crippen LogP contribution in [0.4, 0.5) is 11.4 Å². The third kappa shape index (κ3) is 5.19. The standard InChI is InChI=1S/C23H23N5O3S/c1-14(2)28-32-18-8-9-20-19(12-18)21(23(30)25-20)27-26-16-6-3-5-15(11-16)22(29)24-13-17-7-4-10-31-17/h3-12,14,25,28,30H,13H2,1-2H3,(H,24,29). The van der Waals surface area contributed by atoms with Gasteiger partial charge in [-0.3, -0.25) is 9.52 Å². The Bertz CT molecular complexity index is 1250. The molecule has 4 rings (SSSR count). The van der Waals surface area contributed by atoms with Gasteiger partial charge in [-0.2, -0.15) is 5.11 Å². The van der Waals surface area contributed by atoms with Crippen LogP contribution in [0.5, 0.6) is 5.88 Å². The summed E-state index contributed by atoms with van der Waals surface area (Å²) < 4.78 is 8.52. The maximum Gasteiger partial charge on any atom is 0.251 e. The largest absolute Gasteiger partial charge is 0.493 e. The molecular weight excluding hydrogens is 426 g/mol. The first-order valence-corrected chi connectivity index (χ1v) is 10.9. The molecule has 8 nitrogen and oxygen atoms in total. The monoisotopic (exact) mass is 449 g/mol. The predicted octanol–water partition coefficient (Wildman–Crippen LogP) is 5.82. The van der Waals surface area contributed by atoms with Crippen LogP contribution >= 0.6 is 11.9 Å². The Kier molecular flexibility index (Phi) is 6.58. The zero-order chi connectivity index (χ0) is 22.5. The van der Waals surface area contributed by atoms with Gasteiger partial charge in [0.15, 0.2) is 5.69 Å². The summed E-state index contributed by atoms with van der Waals surface area (Å²) in [7, 11) is 0. The topological polar surface area (TPSA) is 115 Å². The summed E-state index contributed by atoms with van der Waals surface area (Å²) in [4.78, 5) is 16.3. The van der Waals surface area contributed by atoms with E-state index in [0.717, 1.165) is 15.8 Å². The van der Waals surface area contributed by atoms with Crippen LogP contribution < -0.4 is 10.0 Å². The minimum atomic E-state index is -0.243. The summed E-state index contributed by atoms with van der Waals surface area (Å²) in [5, 5.41) is 22.4. The number of carbonyl (C=O) groups is 1. The summed E-state index contributed by atoms with van der Waals surface area (Å²) in [6.45, 7) is 4.43. The third-order valence-electron chi connectivity index (χ3n) is 4.51. The quantitative estimate of drug-likeness (QED) is 0.200. The Hall–Kier alpha value is -3.56. The van der Waals surface area contributed by atoms with E-state index >= 15 is 0 Å². The van der Waals surface area contributed by atoms with Crippen molar-refractivity contribution in [2.24, 2.45) is 10.2 Å². The lowest BCUT2D eigenvalue weighted by atomic mass is 10.2. The second-order valence-electron chi connectivity index (χ2n) is 7.42. The average molecular weight is 450 g/mol. The molecule has 0 atom stereocenters. The van der Waals surface area contributed by atoms with Gasteiger partial charge in [0, 0.05) is 21.9 Å². The fraction of sp³-hybridized carbons (Fsp3) is 0.174. The Morgan fingerprint density at radius 1 is 1.16 bits per heavy atom. The van der Waals surface area contributed by atoms with Crippen LogP contribution in [0.1, 0.15) is 30.0 Å². The molecule has 0 radical (unpaired) electrons. The molecule has 0 aliphatic carbocycles. The van der Waals surface area contributed by atoms with Crippen molar-refractivity contribution in [1.82, 2.24) is 15.0 Å². The molecule has 2 heterocycles. The number of aromatic nitrogens is 1. The van der Waals surface area contributed by atoms with Crippen LogP contribution in [0.2, 0.25) is 0 Å². The van der Waals surface area contributed by atoms with Crippen LogP contribution in [0.3, 0.4) is 0 Å². The molecule has 2 aromatic heterocycles. The molecule has 1 amide bonds. The lowest BCUT2D eigenvalue weighted by molar-refractivity contribution is 0.0948. The summed E-state index contributed by atoms with van der Waals surface area (Å²) in [5.41, 5.74) is 2.06. The van der Waals surface area contributed by atoms with Crippen molar-refractivity contribution >= 4 is 40.1 Å². The highest BCUT2D eigenvalue weighted by Crippen LogP contribution is 2.38. The summed E-state index contributed by atoms with van der Waals surface area (Å²) in [6.07, 6.45) is 1.56. The van der Waals surface area contributed by atoms with Gasteiger partial charge in [0.2, 0.25) is 5.88 Å². The average Bonchev–Trinajstić information content (AvgIpc) is 3.41. The Morgan fingerprint density at radius 3 is 2.81 bits per heavy atom. The first kappa shape index (κ1) is 21.7. The highest BCUT2D eigenvalue weighted by Gasteiger charge is 2.12. The summed E-state index contributed by atoms with van der Waals surface area (Å²) in [6, 6.07) is 16.5. The van der Waals surface area contributed by atoms with Crippen LogP contribution in [0.25, 0.3) is 10.9 Å². The number of aromatic amines is 1. The smallest absolute Gasteiger partial charge is 0.251 e. The van der Waals surface area contributed by atoms with Gasteiger partial charge < -0.3 is 19.8 Å². The lowest BCUT2D eigenvalue weighted by Gasteiger charge is -2.06. The number of azo groups is 1. The molecular formula is C23H23N5O3S. The summed E-state index contributed by atoms with van der Waals surface area (Å²) in [5.74, 6) is 0.368. The van der Waals surface area contributed by atoms with E-state index in [2.05, 4.69) is 39.1 Å². The van der Waals surface area contributed by atoms with Crippen molar-refractivity contribution in [1.29, 1.82) is 0 Å². The number of rotatable bonds is 8. The number of furan rings is 1. The van der Waals surface area contributed by atoms with E-state index < -0.39 is 0 Å². The van der Waals surface area contributed by atoms with Gasteiger partial charge >= 0.3 is 0 Å². The molecule has 0 aliphatic heterocycles. The number of H-pyrrole nitrogens is 1. The Labute approximate surface area is 189 Å². The van der Waals surface area contributed by atoms with Gasteiger partial charge in [0.1, 0.15) is 5.76 Å². The second-order valence-corrected chi connectivity index (χ2v) is 8.33. The molecule has 164 valence electrons. The molecule has 0 fully saturated rings. The van der Waals surface area contributed by atoms with E-state index in [1.807, 2.05) is 18.2 Å². The molecule has 0 spiro atoms. The van der Waals surface area contributed by atoms with E-state index in [-0.39, 0.29) is 11.8 Å². The number of benzene rings is 2. The Balaban J connectivity index is 1.52. The van der Waals surface area contributed by atoms with Crippen molar-refractivity contribution in [2.45, 2.75) is 31.3 Å². The highest BCUT2D eigenvalue weighted by molar-refractivity contribution is 7.97. The molecule has 0 bridgehead atoms. The highest BCUT2D eigenvalue weighted by atomic mass is 32.2. The van der Waals surface area contributed by atoms with Crippen LogP contribution in [0, 0.1) is 0 Å². The minimum absolute atomic E-state index is 0.0601. The zero-order valence-electron chi connectivity index (χ0n) is 17.6. The number of hydrogen-bond donors (Lipinski definition) is 4. The number of nitrogens with zero attached hydrogens (tertiary/aromatic N) is 2. The van der Waals surface area contributed by atoms with E-state index in [1.165, 1.54) is 11.9 Å². The van der Waals surface area contributed by atoms with Crippen LogP contribution in [-0.4, -0.2) is 22.0 Å². The molecule has 0 unspecified atom stereocenters. The molecule has 0 saturated carbocycles. The van der Waals surface area contributed by atoms with Crippen molar-refractivity contribution in [3.05, 3.63) is 72.2 Å². The minimum Gasteiger partial charge on any atom is -0.493 e. The van der Waals surface area contributed by atoms with Gasteiger partial charge in [-0.15, -0.1) is 5.11 Å². The lowest BCUT2D eigenvalue weighted by Crippen LogP contribution is -2.22. The number of hydrogen-bond acceptors (Lipinski definition) is 7. The zero-order valence-corrected chi connectivity index (χ0v) is 18.4. The van der Waals surface area contributed by atoms with E-state index in [1.54, 1.807) is 42.7 Å².